The molecular weight excluding hydrogens is 458 g/mol. The van der Waals surface area contributed by atoms with Crippen molar-refractivity contribution in [2.75, 3.05) is 46.3 Å². The van der Waals surface area contributed by atoms with Crippen molar-refractivity contribution in [3.05, 3.63) is 30.1 Å². The molecule has 0 aliphatic carbocycles. The second kappa shape index (κ2) is 12.4. The van der Waals surface area contributed by atoms with Gasteiger partial charge in [-0.25, -0.2) is 4.39 Å². The molecular formula is C20H34FIN4O. The molecule has 0 saturated carbocycles. The Morgan fingerprint density at radius 3 is 2.59 bits per heavy atom. The molecule has 27 heavy (non-hydrogen) atoms. The Balaban J connectivity index is 0.00000364. The van der Waals surface area contributed by atoms with Crippen LogP contribution in [0.3, 0.4) is 0 Å². The van der Waals surface area contributed by atoms with E-state index in [1.54, 1.807) is 12.1 Å². The Morgan fingerprint density at radius 1 is 1.33 bits per heavy atom. The van der Waals surface area contributed by atoms with Gasteiger partial charge in [0.15, 0.2) is 5.96 Å². The average Bonchev–Trinajstić information content (AvgIpc) is 3.10. The Kier molecular flexibility index (Phi) is 11.0. The fourth-order valence-corrected chi connectivity index (χ4v) is 3.38. The van der Waals surface area contributed by atoms with Gasteiger partial charge in [-0.15, -0.1) is 24.0 Å². The van der Waals surface area contributed by atoms with E-state index in [1.165, 1.54) is 18.6 Å². The highest BCUT2D eigenvalue weighted by Crippen LogP contribution is 2.18. The molecule has 2 rings (SSSR count). The van der Waals surface area contributed by atoms with Gasteiger partial charge in [0, 0.05) is 26.7 Å². The fourth-order valence-electron chi connectivity index (χ4n) is 3.38. The molecule has 1 fully saturated rings. The predicted molar refractivity (Wildman–Crippen MR) is 121 cm³/mol. The lowest BCUT2D eigenvalue weighted by Gasteiger charge is -2.25. The fraction of sp³-hybridized carbons (Fsp3) is 0.650. The molecule has 7 heteroatoms. The standard InChI is InChI=1S/C20H33FN4O.HI/c1-5-24(6-2)14-17-11-12-25(15-17)20(22-4)23-13-16(3)26-19-9-7-18(21)8-10-19;/h7-10,16-17H,5-6,11-15H2,1-4H3,(H,22,23);1H. The lowest BCUT2D eigenvalue weighted by Crippen LogP contribution is -2.44. The number of ether oxygens (including phenoxy) is 1. The highest BCUT2D eigenvalue weighted by atomic mass is 127. The van der Waals surface area contributed by atoms with E-state index < -0.39 is 0 Å². The minimum absolute atomic E-state index is 0. The van der Waals surface area contributed by atoms with Crippen LogP contribution in [0.2, 0.25) is 0 Å². The zero-order valence-electron chi connectivity index (χ0n) is 16.9. The van der Waals surface area contributed by atoms with Crippen LogP contribution < -0.4 is 10.1 Å². The largest absolute Gasteiger partial charge is 0.489 e. The summed E-state index contributed by atoms with van der Waals surface area (Å²) in [6.07, 6.45) is 1.17. The summed E-state index contributed by atoms with van der Waals surface area (Å²) in [5.41, 5.74) is 0. The first-order valence-corrected chi connectivity index (χ1v) is 9.65. The molecule has 0 bridgehead atoms. The summed E-state index contributed by atoms with van der Waals surface area (Å²) in [6, 6.07) is 6.13. The minimum atomic E-state index is -0.253. The van der Waals surface area contributed by atoms with Crippen molar-refractivity contribution >= 4 is 29.9 Å². The van der Waals surface area contributed by atoms with Crippen LogP contribution in [0.15, 0.2) is 29.3 Å². The van der Waals surface area contributed by atoms with Crippen molar-refractivity contribution in [3.63, 3.8) is 0 Å². The molecule has 5 nitrogen and oxygen atoms in total. The third-order valence-electron chi connectivity index (χ3n) is 4.91. The first-order chi connectivity index (χ1) is 12.5. The van der Waals surface area contributed by atoms with Gasteiger partial charge in [0.05, 0.1) is 6.54 Å². The van der Waals surface area contributed by atoms with E-state index in [9.17, 15) is 4.39 Å². The third kappa shape index (κ3) is 7.81. The Labute approximate surface area is 180 Å². The molecule has 0 spiro atoms. The number of nitrogens with zero attached hydrogens (tertiary/aromatic N) is 3. The number of hydrogen-bond acceptors (Lipinski definition) is 3. The highest BCUT2D eigenvalue weighted by Gasteiger charge is 2.26. The van der Waals surface area contributed by atoms with Crippen LogP contribution in [-0.4, -0.2) is 68.2 Å². The maximum atomic E-state index is 13.0. The SMILES string of the molecule is CCN(CC)CC1CCN(C(=NC)NCC(C)Oc2ccc(F)cc2)C1.I. The smallest absolute Gasteiger partial charge is 0.193 e. The lowest BCUT2D eigenvalue weighted by atomic mass is 10.1. The summed E-state index contributed by atoms with van der Waals surface area (Å²) in [7, 11) is 1.82. The molecule has 0 aromatic heterocycles. The van der Waals surface area contributed by atoms with Gasteiger partial charge in [-0.1, -0.05) is 13.8 Å². The molecule has 1 aliphatic rings. The maximum Gasteiger partial charge on any atom is 0.193 e. The van der Waals surface area contributed by atoms with E-state index in [2.05, 4.69) is 34.0 Å². The number of halogens is 2. The van der Waals surface area contributed by atoms with E-state index in [0.29, 0.717) is 18.2 Å². The van der Waals surface area contributed by atoms with Crippen LogP contribution >= 0.6 is 24.0 Å². The molecule has 1 aliphatic heterocycles. The molecule has 2 atom stereocenters. The van der Waals surface area contributed by atoms with E-state index in [1.807, 2.05) is 14.0 Å². The van der Waals surface area contributed by atoms with Crippen molar-refractivity contribution < 1.29 is 9.13 Å². The maximum absolute atomic E-state index is 13.0. The van der Waals surface area contributed by atoms with Crippen LogP contribution in [0.1, 0.15) is 27.2 Å². The second-order valence-electron chi connectivity index (χ2n) is 6.90. The van der Waals surface area contributed by atoms with Gasteiger partial charge in [0.25, 0.3) is 0 Å². The predicted octanol–water partition coefficient (Wildman–Crippen LogP) is 3.45. The molecule has 1 aromatic rings. The topological polar surface area (TPSA) is 40.1 Å². The lowest BCUT2D eigenvalue weighted by molar-refractivity contribution is 0.222. The second-order valence-corrected chi connectivity index (χ2v) is 6.90. The van der Waals surface area contributed by atoms with Crippen LogP contribution in [-0.2, 0) is 0 Å². The van der Waals surface area contributed by atoms with Gasteiger partial charge in [-0.2, -0.15) is 0 Å². The Morgan fingerprint density at radius 2 is 2.00 bits per heavy atom. The summed E-state index contributed by atoms with van der Waals surface area (Å²) >= 11 is 0. The number of rotatable bonds is 8. The van der Waals surface area contributed by atoms with Crippen molar-refractivity contribution in [3.8, 4) is 5.75 Å². The van der Waals surface area contributed by atoms with Crippen molar-refractivity contribution in [1.82, 2.24) is 15.1 Å². The van der Waals surface area contributed by atoms with Crippen molar-refractivity contribution in [2.24, 2.45) is 10.9 Å². The molecule has 154 valence electrons. The molecule has 1 saturated heterocycles. The number of nitrogens with one attached hydrogen (secondary N) is 1. The molecule has 1 heterocycles. The van der Waals surface area contributed by atoms with Crippen LogP contribution in [0, 0.1) is 11.7 Å². The first kappa shape index (κ1) is 23.9. The van der Waals surface area contributed by atoms with Crippen LogP contribution in [0.4, 0.5) is 4.39 Å². The van der Waals surface area contributed by atoms with Crippen molar-refractivity contribution in [2.45, 2.75) is 33.3 Å². The van der Waals surface area contributed by atoms with Gasteiger partial charge >= 0.3 is 0 Å². The summed E-state index contributed by atoms with van der Waals surface area (Å²) in [4.78, 5) is 9.25. The van der Waals surface area contributed by atoms with E-state index in [-0.39, 0.29) is 35.9 Å². The average molecular weight is 492 g/mol. The zero-order chi connectivity index (χ0) is 18.9. The monoisotopic (exact) mass is 492 g/mol. The van der Waals surface area contributed by atoms with Crippen molar-refractivity contribution in [1.29, 1.82) is 0 Å². The van der Waals surface area contributed by atoms with Crippen LogP contribution in [0.25, 0.3) is 0 Å². The summed E-state index contributed by atoms with van der Waals surface area (Å²) in [5.74, 6) is 2.05. The van der Waals surface area contributed by atoms with Gasteiger partial charge in [-0.05, 0) is 56.6 Å². The van der Waals surface area contributed by atoms with Gasteiger partial charge in [-0.3, -0.25) is 4.99 Å². The van der Waals surface area contributed by atoms with Gasteiger partial charge in [0.1, 0.15) is 17.7 Å². The summed E-state index contributed by atoms with van der Waals surface area (Å²) in [5, 5.41) is 3.41. The zero-order valence-corrected chi connectivity index (χ0v) is 19.3. The minimum Gasteiger partial charge on any atom is -0.489 e. The Hall–Kier alpha value is -1.09. The normalized spacial score (nSPS) is 18.4. The van der Waals surface area contributed by atoms with Crippen LogP contribution in [0.5, 0.6) is 5.75 Å². The van der Waals surface area contributed by atoms with E-state index in [4.69, 9.17) is 4.74 Å². The molecule has 2 unspecified atom stereocenters. The van der Waals surface area contributed by atoms with E-state index in [0.717, 1.165) is 38.7 Å². The number of aliphatic imine (C=N–C) groups is 1. The number of hydrogen-bond donors (Lipinski definition) is 1. The number of guanidine groups is 1. The Bertz CT molecular complexity index is 566. The van der Waals surface area contributed by atoms with E-state index >= 15 is 0 Å². The molecule has 0 amide bonds. The number of benzene rings is 1. The highest BCUT2D eigenvalue weighted by molar-refractivity contribution is 14.0. The van der Waals surface area contributed by atoms with Gasteiger partial charge in [0.2, 0.25) is 0 Å². The molecule has 1 aromatic carbocycles. The summed E-state index contributed by atoms with van der Waals surface area (Å²) in [6.45, 7) is 12.6. The number of likely N-dealkylation sites (tertiary alicyclic amines) is 1. The quantitative estimate of drug-likeness (QED) is 0.343. The molecule has 0 radical (unpaired) electrons. The first-order valence-electron chi connectivity index (χ1n) is 9.65. The van der Waals surface area contributed by atoms with Gasteiger partial charge < -0.3 is 19.9 Å². The third-order valence-corrected chi connectivity index (χ3v) is 4.91. The molecule has 1 N–H and O–H groups in total. The summed E-state index contributed by atoms with van der Waals surface area (Å²) < 4.78 is 18.8.